The SMILES string of the molecule is FC(F)(F)c1ccc(-c2cc(Nc3ccc4ncsc4c3)nnc2-c2ccc3ccccc3c2)cc1. The van der Waals surface area contributed by atoms with Gasteiger partial charge in [-0.15, -0.1) is 21.5 Å². The van der Waals surface area contributed by atoms with E-state index in [0.717, 1.165) is 44.4 Å². The minimum absolute atomic E-state index is 0.485. The van der Waals surface area contributed by atoms with Gasteiger partial charge in [-0.1, -0.05) is 48.5 Å². The fourth-order valence-corrected chi connectivity index (χ4v) is 4.86. The number of rotatable bonds is 4. The fraction of sp³-hybridized carbons (Fsp3) is 0.0357. The summed E-state index contributed by atoms with van der Waals surface area (Å²) in [5.74, 6) is 0.485. The Labute approximate surface area is 208 Å². The molecule has 0 radical (unpaired) electrons. The van der Waals surface area contributed by atoms with E-state index in [1.54, 1.807) is 5.51 Å². The first-order valence-corrected chi connectivity index (χ1v) is 12.0. The lowest BCUT2D eigenvalue weighted by atomic mass is 9.97. The number of alkyl halides is 3. The molecule has 176 valence electrons. The zero-order chi connectivity index (χ0) is 24.7. The molecule has 8 heteroatoms. The minimum atomic E-state index is -4.40. The highest BCUT2D eigenvalue weighted by molar-refractivity contribution is 7.16. The third-order valence-electron chi connectivity index (χ3n) is 5.94. The van der Waals surface area contributed by atoms with Crippen molar-refractivity contribution >= 4 is 43.8 Å². The Kier molecular flexibility index (Phi) is 5.38. The van der Waals surface area contributed by atoms with Crippen LogP contribution in [0.25, 0.3) is 43.4 Å². The number of benzene rings is 4. The molecule has 0 amide bonds. The average molecular weight is 499 g/mol. The molecule has 0 fully saturated rings. The average Bonchev–Trinajstić information content (AvgIpc) is 3.36. The maximum absolute atomic E-state index is 13.2. The molecule has 4 aromatic carbocycles. The van der Waals surface area contributed by atoms with Gasteiger partial charge in [-0.3, -0.25) is 0 Å². The third-order valence-corrected chi connectivity index (χ3v) is 6.74. The van der Waals surface area contributed by atoms with Crippen molar-refractivity contribution in [3.05, 3.63) is 102 Å². The Hall–Kier alpha value is -4.30. The highest BCUT2D eigenvalue weighted by Gasteiger charge is 2.30. The quantitative estimate of drug-likeness (QED) is 0.265. The van der Waals surface area contributed by atoms with Crippen LogP contribution in [0.3, 0.4) is 0 Å². The van der Waals surface area contributed by atoms with E-state index in [2.05, 4.69) is 20.5 Å². The Morgan fingerprint density at radius 2 is 1.50 bits per heavy atom. The first-order chi connectivity index (χ1) is 17.4. The number of nitrogens with zero attached hydrogens (tertiary/aromatic N) is 3. The zero-order valence-corrected chi connectivity index (χ0v) is 19.4. The predicted octanol–water partition coefficient (Wildman–Crippen LogP) is 8.34. The van der Waals surface area contributed by atoms with Crippen molar-refractivity contribution in [3.63, 3.8) is 0 Å². The first-order valence-electron chi connectivity index (χ1n) is 11.1. The molecule has 0 aliphatic carbocycles. The largest absolute Gasteiger partial charge is 0.416 e. The van der Waals surface area contributed by atoms with Gasteiger partial charge in [0.25, 0.3) is 0 Å². The van der Waals surface area contributed by atoms with Crippen LogP contribution in [0.5, 0.6) is 0 Å². The van der Waals surface area contributed by atoms with Crippen molar-refractivity contribution in [1.29, 1.82) is 0 Å². The van der Waals surface area contributed by atoms with E-state index in [0.29, 0.717) is 22.6 Å². The van der Waals surface area contributed by atoms with Crippen molar-refractivity contribution in [1.82, 2.24) is 15.2 Å². The van der Waals surface area contributed by atoms with Gasteiger partial charge in [0.2, 0.25) is 0 Å². The number of fused-ring (bicyclic) bond motifs is 2. The molecular formula is C28H17F3N4S. The predicted molar refractivity (Wildman–Crippen MR) is 138 cm³/mol. The number of hydrogen-bond donors (Lipinski definition) is 1. The first kappa shape index (κ1) is 22.2. The van der Waals surface area contributed by atoms with Crippen LogP contribution in [0.2, 0.25) is 0 Å². The summed E-state index contributed by atoms with van der Waals surface area (Å²) < 4.78 is 40.5. The third kappa shape index (κ3) is 4.27. The highest BCUT2D eigenvalue weighted by atomic mass is 32.1. The van der Waals surface area contributed by atoms with Gasteiger partial charge < -0.3 is 5.32 Å². The van der Waals surface area contributed by atoms with Gasteiger partial charge in [-0.05, 0) is 58.8 Å². The van der Waals surface area contributed by atoms with Crippen molar-refractivity contribution < 1.29 is 13.2 Å². The summed E-state index contributed by atoms with van der Waals surface area (Å²) in [7, 11) is 0. The number of thiazole rings is 1. The summed E-state index contributed by atoms with van der Waals surface area (Å²) in [6.45, 7) is 0. The molecule has 1 N–H and O–H groups in total. The molecule has 0 saturated carbocycles. The molecule has 0 spiro atoms. The summed E-state index contributed by atoms with van der Waals surface area (Å²) in [6.07, 6.45) is -4.40. The van der Waals surface area contributed by atoms with Crippen LogP contribution in [0.15, 0.2) is 96.5 Å². The molecule has 0 saturated heterocycles. The molecule has 2 aromatic heterocycles. The van der Waals surface area contributed by atoms with Gasteiger partial charge in [-0.25, -0.2) is 4.98 Å². The fourth-order valence-electron chi connectivity index (χ4n) is 4.14. The number of halogens is 3. The molecule has 0 unspecified atom stereocenters. The lowest BCUT2D eigenvalue weighted by Crippen LogP contribution is -2.04. The molecule has 36 heavy (non-hydrogen) atoms. The summed E-state index contributed by atoms with van der Waals surface area (Å²) in [4.78, 5) is 4.29. The van der Waals surface area contributed by atoms with Gasteiger partial charge in [0.15, 0.2) is 5.82 Å². The Bertz CT molecular complexity index is 1710. The number of anilines is 2. The zero-order valence-electron chi connectivity index (χ0n) is 18.6. The maximum Gasteiger partial charge on any atom is 0.416 e. The highest BCUT2D eigenvalue weighted by Crippen LogP contribution is 2.36. The summed E-state index contributed by atoms with van der Waals surface area (Å²) in [5, 5.41) is 14.3. The summed E-state index contributed by atoms with van der Waals surface area (Å²) in [5.41, 5.74) is 5.52. The molecule has 4 nitrogen and oxygen atoms in total. The molecule has 0 aliphatic heterocycles. The summed E-state index contributed by atoms with van der Waals surface area (Å²) >= 11 is 1.54. The standard InChI is InChI=1S/C28H17F3N4S/c29-28(30,31)21-9-7-18(8-10-21)23-15-26(33-22-11-12-24-25(14-22)36-16-32-24)34-35-27(23)20-6-5-17-3-1-2-4-19(17)13-20/h1-16H,(H,33,34). The van der Waals surface area contributed by atoms with E-state index in [1.807, 2.05) is 66.7 Å². The number of aromatic nitrogens is 3. The molecule has 0 bridgehead atoms. The molecule has 6 aromatic rings. The van der Waals surface area contributed by atoms with Crippen molar-refractivity contribution in [2.24, 2.45) is 0 Å². The van der Waals surface area contributed by atoms with Crippen LogP contribution in [0.1, 0.15) is 5.56 Å². The number of hydrogen-bond acceptors (Lipinski definition) is 5. The van der Waals surface area contributed by atoms with E-state index < -0.39 is 11.7 Å². The van der Waals surface area contributed by atoms with Gasteiger partial charge >= 0.3 is 6.18 Å². The van der Waals surface area contributed by atoms with E-state index >= 15 is 0 Å². The van der Waals surface area contributed by atoms with Crippen LogP contribution in [-0.2, 0) is 6.18 Å². The van der Waals surface area contributed by atoms with E-state index in [4.69, 9.17) is 0 Å². The van der Waals surface area contributed by atoms with E-state index in [9.17, 15) is 13.2 Å². The molecule has 0 atom stereocenters. The van der Waals surface area contributed by atoms with Crippen LogP contribution >= 0.6 is 11.3 Å². The maximum atomic E-state index is 13.2. The molecule has 6 rings (SSSR count). The summed E-state index contributed by atoms with van der Waals surface area (Å²) in [6, 6.07) is 26.7. The Morgan fingerprint density at radius 1 is 0.722 bits per heavy atom. The minimum Gasteiger partial charge on any atom is -0.339 e. The molecular weight excluding hydrogens is 481 g/mol. The van der Waals surface area contributed by atoms with E-state index in [1.165, 1.54) is 23.5 Å². The van der Waals surface area contributed by atoms with Gasteiger partial charge in [-0.2, -0.15) is 13.2 Å². The Morgan fingerprint density at radius 3 is 2.31 bits per heavy atom. The topological polar surface area (TPSA) is 50.7 Å². The van der Waals surface area contributed by atoms with Crippen molar-refractivity contribution in [2.75, 3.05) is 5.32 Å². The second-order valence-corrected chi connectivity index (χ2v) is 9.18. The second kappa shape index (κ2) is 8.73. The number of nitrogens with one attached hydrogen (secondary N) is 1. The lowest BCUT2D eigenvalue weighted by Gasteiger charge is -2.13. The molecule has 2 heterocycles. The van der Waals surface area contributed by atoms with Crippen molar-refractivity contribution in [3.8, 4) is 22.4 Å². The second-order valence-electron chi connectivity index (χ2n) is 8.29. The van der Waals surface area contributed by atoms with Crippen LogP contribution in [-0.4, -0.2) is 15.2 Å². The van der Waals surface area contributed by atoms with Crippen LogP contribution in [0.4, 0.5) is 24.7 Å². The Balaban J connectivity index is 1.45. The van der Waals surface area contributed by atoms with Crippen LogP contribution in [0, 0.1) is 0 Å². The lowest BCUT2D eigenvalue weighted by molar-refractivity contribution is -0.137. The normalized spacial score (nSPS) is 11.8. The monoisotopic (exact) mass is 498 g/mol. The van der Waals surface area contributed by atoms with Gasteiger partial charge in [0, 0.05) is 16.8 Å². The van der Waals surface area contributed by atoms with Crippen LogP contribution < -0.4 is 5.32 Å². The van der Waals surface area contributed by atoms with Crippen molar-refractivity contribution in [2.45, 2.75) is 6.18 Å². The smallest absolute Gasteiger partial charge is 0.339 e. The molecule has 0 aliphatic rings. The van der Waals surface area contributed by atoms with Gasteiger partial charge in [0.05, 0.1) is 21.3 Å². The van der Waals surface area contributed by atoms with E-state index in [-0.39, 0.29) is 0 Å². The van der Waals surface area contributed by atoms with Gasteiger partial charge in [0.1, 0.15) is 5.69 Å².